The summed E-state index contributed by atoms with van der Waals surface area (Å²) in [5, 5.41) is 2.21. The fourth-order valence-electron chi connectivity index (χ4n) is 4.05. The fourth-order valence-corrected chi connectivity index (χ4v) is 4.99. The van der Waals surface area contributed by atoms with Crippen LogP contribution in [0.5, 0.6) is 0 Å². The Morgan fingerprint density at radius 1 is 1.42 bits per heavy atom. The number of hydrogen-bond donors (Lipinski definition) is 1. The van der Waals surface area contributed by atoms with Crippen LogP contribution in [0.2, 0.25) is 0 Å². The average molecular weight is 376 g/mol. The van der Waals surface area contributed by atoms with Crippen molar-refractivity contribution in [3.05, 3.63) is 22.4 Å². The molecule has 0 saturated heterocycles. The third kappa shape index (κ3) is 3.11. The van der Waals surface area contributed by atoms with Gasteiger partial charge in [-0.3, -0.25) is 4.79 Å². The predicted molar refractivity (Wildman–Crippen MR) is 88.7 cm³/mol. The lowest BCUT2D eigenvalue weighted by atomic mass is 9.89. The number of nitrogens with one attached hydrogen (secondary N) is 1. The van der Waals surface area contributed by atoms with Gasteiger partial charge < -0.3 is 10.1 Å². The van der Waals surface area contributed by atoms with Crippen LogP contribution in [-0.4, -0.2) is 39.0 Å². The van der Waals surface area contributed by atoms with Crippen LogP contribution in [0.25, 0.3) is 0 Å². The van der Waals surface area contributed by atoms with E-state index in [9.17, 15) is 17.6 Å². The lowest BCUT2D eigenvalue weighted by Crippen LogP contribution is -2.35. The lowest BCUT2D eigenvalue weighted by molar-refractivity contribution is -0.117. The number of halogens is 2. The van der Waals surface area contributed by atoms with Crippen molar-refractivity contribution in [3.63, 3.8) is 0 Å². The number of amides is 1. The van der Waals surface area contributed by atoms with E-state index in [1.807, 2.05) is 0 Å². The number of allylic oxidation sites excluding steroid dienone is 3. The molecule has 0 radical (unpaired) electrons. The van der Waals surface area contributed by atoms with Gasteiger partial charge in [-0.15, -0.1) is 0 Å². The molecule has 2 fully saturated rings. The zero-order valence-corrected chi connectivity index (χ0v) is 14.8. The molecule has 1 amide bonds. The van der Waals surface area contributed by atoms with Gasteiger partial charge in [0.15, 0.2) is 16.8 Å². The first kappa shape index (κ1) is 17.5. The molecule has 1 N–H and O–H groups in total. The number of ether oxygens (including phenoxy) is 1. The Labute approximate surface area is 146 Å². The summed E-state index contributed by atoms with van der Waals surface area (Å²) in [6, 6.07) is 0. The maximum Gasteiger partial charge on any atom is 0.250 e. The minimum absolute atomic E-state index is 0.0649. The van der Waals surface area contributed by atoms with Crippen LogP contribution in [0.15, 0.2) is 22.4 Å². The predicted octanol–water partition coefficient (Wildman–Crippen LogP) is 1.97. The van der Waals surface area contributed by atoms with Gasteiger partial charge in [-0.05, 0) is 43.1 Å². The first-order chi connectivity index (χ1) is 11.4. The smallest absolute Gasteiger partial charge is 0.250 e. The molecule has 3 rings (SSSR count). The van der Waals surface area contributed by atoms with Gasteiger partial charge in [-0.25, -0.2) is 4.39 Å². The summed E-state index contributed by atoms with van der Waals surface area (Å²) < 4.78 is 43.2. The highest BCUT2D eigenvalue weighted by atomic mass is 35.5. The van der Waals surface area contributed by atoms with Gasteiger partial charge in [-0.1, -0.05) is 18.0 Å². The molecule has 8 heteroatoms. The van der Waals surface area contributed by atoms with E-state index in [4.69, 9.17) is 16.3 Å². The number of hydrogen-bond acceptors (Lipinski definition) is 4. The first-order valence-corrected chi connectivity index (χ1v) is 9.44. The first-order valence-electron chi connectivity index (χ1n) is 7.99. The van der Waals surface area contributed by atoms with Gasteiger partial charge in [0.2, 0.25) is 16.2 Å². The zero-order chi connectivity index (χ0) is 17.4. The Balaban J connectivity index is 1.85. The Hall–Kier alpha value is -1.34. The summed E-state index contributed by atoms with van der Waals surface area (Å²) in [6.45, 7) is 0.323. The zero-order valence-electron chi connectivity index (χ0n) is 13.2. The highest BCUT2D eigenvalue weighted by molar-refractivity contribution is 7.73. The minimum Gasteiger partial charge on any atom is -0.490 e. The summed E-state index contributed by atoms with van der Waals surface area (Å²) in [7, 11) is -1.54. The monoisotopic (exact) mass is 375 g/mol. The van der Waals surface area contributed by atoms with Crippen molar-refractivity contribution in [1.29, 1.82) is 0 Å². The number of likely N-dealkylation sites (N-methyl/N-ethyl adjacent to an activating group) is 1. The number of fused-ring (bicyclic) bond motifs is 2. The molecule has 3 aliphatic rings. The number of carbonyl (C=O) groups is 1. The van der Waals surface area contributed by atoms with Crippen molar-refractivity contribution in [2.75, 3.05) is 13.7 Å². The van der Waals surface area contributed by atoms with Crippen molar-refractivity contribution in [2.24, 2.45) is 17.8 Å². The number of carbonyl (C=O) groups excluding carboxylic acids is 1. The SMILES string of the molecule is CNC(=O)C1=CC(Cl)=C(OCC2CC3CCC2C3)C(=S(=O)=O)C1F. The summed E-state index contributed by atoms with van der Waals surface area (Å²) in [4.78, 5) is 11.1. The topological polar surface area (TPSA) is 72.5 Å². The van der Waals surface area contributed by atoms with E-state index in [1.54, 1.807) is 0 Å². The molecule has 0 aromatic rings. The highest BCUT2D eigenvalue weighted by Crippen LogP contribution is 2.48. The molecule has 4 unspecified atom stereocenters. The Bertz CT molecular complexity index is 750. The lowest BCUT2D eigenvalue weighted by Gasteiger charge is -2.25. The van der Waals surface area contributed by atoms with Crippen molar-refractivity contribution in [1.82, 2.24) is 5.32 Å². The van der Waals surface area contributed by atoms with Crippen LogP contribution in [-0.2, 0) is 19.8 Å². The fraction of sp³-hybridized carbons (Fsp3) is 0.625. The van der Waals surface area contributed by atoms with Gasteiger partial charge in [0.05, 0.1) is 17.2 Å². The summed E-state index contributed by atoms with van der Waals surface area (Å²) >= 11 is 6.08. The third-order valence-electron chi connectivity index (χ3n) is 5.22. The van der Waals surface area contributed by atoms with E-state index in [2.05, 4.69) is 5.32 Å². The summed E-state index contributed by atoms with van der Waals surface area (Å²) in [5.74, 6) is 0.788. The molecule has 5 nitrogen and oxygen atoms in total. The van der Waals surface area contributed by atoms with E-state index in [-0.39, 0.29) is 16.4 Å². The molecule has 132 valence electrons. The van der Waals surface area contributed by atoms with E-state index in [0.29, 0.717) is 18.4 Å². The second-order valence-corrected chi connectivity index (χ2v) is 7.88. The van der Waals surface area contributed by atoms with Gasteiger partial charge in [0.1, 0.15) is 0 Å². The van der Waals surface area contributed by atoms with E-state index in [1.165, 1.54) is 26.3 Å². The molecule has 0 heterocycles. The van der Waals surface area contributed by atoms with Crippen LogP contribution in [0, 0.1) is 17.8 Å². The van der Waals surface area contributed by atoms with Crippen molar-refractivity contribution >= 4 is 32.7 Å². The normalized spacial score (nSPS) is 32.0. The maximum absolute atomic E-state index is 14.5. The average Bonchev–Trinajstić information content (AvgIpc) is 3.16. The van der Waals surface area contributed by atoms with Crippen LogP contribution >= 0.6 is 11.6 Å². The summed E-state index contributed by atoms with van der Waals surface area (Å²) in [6.07, 6.45) is 3.72. The van der Waals surface area contributed by atoms with Crippen molar-refractivity contribution < 1.29 is 22.3 Å². The standard InChI is InChI=1S/C16H19ClFNO4S/c1-19-16(20)11-6-12(17)14(15(13(11)18)24(21)22)23-7-10-5-8-2-3-9(10)4-8/h6,8-10,13H,2-5,7H2,1H3,(H,19,20). The number of rotatable bonds is 4. The van der Waals surface area contributed by atoms with Crippen LogP contribution in [0.4, 0.5) is 4.39 Å². The largest absolute Gasteiger partial charge is 0.490 e. The van der Waals surface area contributed by atoms with Gasteiger partial charge in [0.25, 0.3) is 0 Å². The van der Waals surface area contributed by atoms with Crippen LogP contribution in [0.3, 0.4) is 0 Å². The minimum atomic E-state index is -2.87. The molecule has 0 spiro atoms. The maximum atomic E-state index is 14.5. The second-order valence-electron chi connectivity index (χ2n) is 6.56. The molecule has 4 atom stereocenters. The van der Waals surface area contributed by atoms with E-state index in [0.717, 1.165) is 18.4 Å². The van der Waals surface area contributed by atoms with Gasteiger partial charge in [-0.2, -0.15) is 8.42 Å². The Kier molecular flexibility index (Phi) is 5.01. The van der Waals surface area contributed by atoms with Crippen molar-refractivity contribution in [2.45, 2.75) is 31.9 Å². The third-order valence-corrected chi connectivity index (χ3v) is 6.25. The molecule has 0 aromatic carbocycles. The van der Waals surface area contributed by atoms with Gasteiger partial charge >= 0.3 is 0 Å². The number of alkyl halides is 1. The Morgan fingerprint density at radius 2 is 2.17 bits per heavy atom. The molecule has 3 aliphatic carbocycles. The van der Waals surface area contributed by atoms with Crippen molar-refractivity contribution in [3.8, 4) is 0 Å². The molecule has 2 saturated carbocycles. The van der Waals surface area contributed by atoms with E-state index < -0.39 is 27.2 Å². The van der Waals surface area contributed by atoms with Crippen LogP contribution in [0.1, 0.15) is 25.7 Å². The van der Waals surface area contributed by atoms with E-state index >= 15 is 0 Å². The molecule has 0 aliphatic heterocycles. The molecule has 24 heavy (non-hydrogen) atoms. The highest BCUT2D eigenvalue weighted by Gasteiger charge is 2.41. The molecule has 2 bridgehead atoms. The molecular weight excluding hydrogens is 357 g/mol. The summed E-state index contributed by atoms with van der Waals surface area (Å²) in [5.41, 5.74) is -0.339. The molecule has 0 aromatic heterocycles. The quantitative estimate of drug-likeness (QED) is 0.762. The molecular formula is C16H19ClFNO4S. The Morgan fingerprint density at radius 3 is 2.71 bits per heavy atom. The second kappa shape index (κ2) is 6.88. The van der Waals surface area contributed by atoms with Gasteiger partial charge in [0, 0.05) is 7.05 Å². The van der Waals surface area contributed by atoms with Crippen LogP contribution < -0.4 is 5.32 Å².